The van der Waals surface area contributed by atoms with Crippen molar-refractivity contribution in [2.75, 3.05) is 14.1 Å². The van der Waals surface area contributed by atoms with Gasteiger partial charge in [-0.2, -0.15) is 0 Å². The Morgan fingerprint density at radius 1 is 0.714 bits per heavy atom. The van der Waals surface area contributed by atoms with Crippen LogP contribution in [0.3, 0.4) is 0 Å². The first kappa shape index (κ1) is 19.9. The third-order valence-corrected chi connectivity index (χ3v) is 4.65. The van der Waals surface area contributed by atoms with Crippen LogP contribution in [0.1, 0.15) is 16.7 Å². The second-order valence-corrected chi connectivity index (χ2v) is 7.03. The van der Waals surface area contributed by atoms with Crippen LogP contribution in [0.5, 0.6) is 0 Å². The van der Waals surface area contributed by atoms with E-state index in [1.807, 2.05) is 42.5 Å². The van der Waals surface area contributed by atoms with E-state index in [0.717, 1.165) is 18.7 Å². The molecule has 142 valence electrons. The molecule has 0 unspecified atom stereocenters. The van der Waals surface area contributed by atoms with Gasteiger partial charge in [0.15, 0.2) is 0 Å². The largest absolute Gasteiger partial charge is 0.548 e. The quantitative estimate of drug-likeness (QED) is 0.393. The van der Waals surface area contributed by atoms with E-state index in [0.29, 0.717) is 5.76 Å². The molecule has 0 aliphatic rings. The summed E-state index contributed by atoms with van der Waals surface area (Å²) in [6.07, 6.45) is 0. The lowest BCUT2D eigenvalue weighted by molar-refractivity contribution is 0.302. The molecule has 3 rings (SSSR count). The maximum absolute atomic E-state index is 6.36. The Labute approximate surface area is 169 Å². The number of hydrogen-bond donors (Lipinski definition) is 0. The van der Waals surface area contributed by atoms with E-state index in [9.17, 15) is 0 Å². The molecule has 3 aromatic carbocycles. The molecule has 0 spiro atoms. The third kappa shape index (κ3) is 5.59. The Hall–Kier alpha value is -2.82. The molecule has 0 saturated heterocycles. The fraction of sp³-hybridized carbons (Fsp3) is 0.167. The van der Waals surface area contributed by atoms with Gasteiger partial charge in [0.25, 0.3) is 0 Å². The molecular formula is C24H27BN2O. The normalized spacial score (nSPS) is 10.9. The van der Waals surface area contributed by atoms with Gasteiger partial charge in [0, 0.05) is 18.7 Å². The molecule has 0 aromatic heterocycles. The van der Waals surface area contributed by atoms with Crippen molar-refractivity contribution in [3.8, 4) is 0 Å². The summed E-state index contributed by atoms with van der Waals surface area (Å²) in [6.45, 7) is 5.74. The molecule has 0 atom stereocenters. The minimum Gasteiger partial charge on any atom is -0.533 e. The highest BCUT2D eigenvalue weighted by Gasteiger charge is 2.31. The molecule has 0 aliphatic carbocycles. The van der Waals surface area contributed by atoms with E-state index in [1.54, 1.807) is 0 Å². The summed E-state index contributed by atoms with van der Waals surface area (Å²) in [5.41, 5.74) is 3.49. The third-order valence-electron chi connectivity index (χ3n) is 4.65. The zero-order valence-corrected chi connectivity index (χ0v) is 16.7. The van der Waals surface area contributed by atoms with E-state index in [1.165, 1.54) is 11.1 Å². The van der Waals surface area contributed by atoms with Crippen molar-refractivity contribution in [2.24, 2.45) is 0 Å². The molecule has 0 amide bonds. The van der Waals surface area contributed by atoms with Crippen molar-refractivity contribution in [1.82, 2.24) is 9.62 Å². The summed E-state index contributed by atoms with van der Waals surface area (Å²) in [4.78, 5) is 4.40. The number of benzene rings is 3. The van der Waals surface area contributed by atoms with Gasteiger partial charge in [0.1, 0.15) is 5.76 Å². The van der Waals surface area contributed by atoms with Gasteiger partial charge in [0.2, 0.25) is 0 Å². The standard InChI is InChI=1S/C24H27BN2O/c1-21(24-17-11-6-12-18-24)28-25(26(2)19-22-13-7-4-8-14-22)27(3)20-23-15-9-5-10-16-23/h4-18H,1,19-20H2,2-3H3. The van der Waals surface area contributed by atoms with Crippen molar-refractivity contribution in [2.45, 2.75) is 13.1 Å². The predicted molar refractivity (Wildman–Crippen MR) is 118 cm³/mol. The molecule has 0 N–H and O–H groups in total. The molecule has 0 heterocycles. The van der Waals surface area contributed by atoms with Crippen LogP contribution in [-0.4, -0.2) is 30.9 Å². The Bertz CT molecular complexity index is 808. The van der Waals surface area contributed by atoms with E-state index >= 15 is 0 Å². The number of hydrogen-bond acceptors (Lipinski definition) is 3. The highest BCUT2D eigenvalue weighted by molar-refractivity contribution is 6.46. The lowest BCUT2D eigenvalue weighted by Crippen LogP contribution is -2.50. The molecule has 0 aliphatic heterocycles. The van der Waals surface area contributed by atoms with Gasteiger partial charge in [-0.1, -0.05) is 97.6 Å². The topological polar surface area (TPSA) is 15.7 Å². The Morgan fingerprint density at radius 2 is 1.11 bits per heavy atom. The average Bonchev–Trinajstić information content (AvgIpc) is 2.73. The minimum atomic E-state index is -0.242. The first-order valence-corrected chi connectivity index (χ1v) is 9.53. The van der Waals surface area contributed by atoms with Crippen molar-refractivity contribution < 1.29 is 4.65 Å². The van der Waals surface area contributed by atoms with Gasteiger partial charge in [-0.15, -0.1) is 0 Å². The fourth-order valence-corrected chi connectivity index (χ4v) is 3.23. The summed E-state index contributed by atoms with van der Waals surface area (Å²) < 4.78 is 6.36. The first-order chi connectivity index (χ1) is 13.6. The van der Waals surface area contributed by atoms with Gasteiger partial charge in [-0.25, -0.2) is 0 Å². The number of rotatable bonds is 9. The summed E-state index contributed by atoms with van der Waals surface area (Å²) in [5.74, 6) is 0.672. The molecular weight excluding hydrogens is 343 g/mol. The van der Waals surface area contributed by atoms with Crippen molar-refractivity contribution in [1.29, 1.82) is 0 Å². The molecule has 3 aromatic rings. The van der Waals surface area contributed by atoms with Gasteiger partial charge >= 0.3 is 7.19 Å². The summed E-state index contributed by atoms with van der Waals surface area (Å²) in [6, 6.07) is 30.9. The van der Waals surface area contributed by atoms with Crippen LogP contribution < -0.4 is 0 Å². The van der Waals surface area contributed by atoms with Gasteiger partial charge < -0.3 is 4.65 Å². The lowest BCUT2D eigenvalue weighted by Gasteiger charge is -2.32. The Kier molecular flexibility index (Phi) is 7.07. The molecule has 0 fully saturated rings. The van der Waals surface area contributed by atoms with Gasteiger partial charge in [-0.3, -0.25) is 9.62 Å². The van der Waals surface area contributed by atoms with Gasteiger partial charge in [-0.05, 0) is 25.2 Å². The zero-order chi connectivity index (χ0) is 19.8. The Balaban J connectivity index is 1.77. The summed E-state index contributed by atoms with van der Waals surface area (Å²) in [5, 5.41) is 0. The molecule has 0 saturated carbocycles. The fourth-order valence-electron chi connectivity index (χ4n) is 3.23. The van der Waals surface area contributed by atoms with Crippen molar-refractivity contribution >= 4 is 12.9 Å². The smallest absolute Gasteiger partial charge is 0.533 e. The number of nitrogens with zero attached hydrogens (tertiary/aromatic N) is 2. The van der Waals surface area contributed by atoms with Crippen molar-refractivity contribution in [3.05, 3.63) is 114 Å². The summed E-state index contributed by atoms with van der Waals surface area (Å²) in [7, 11) is 3.92. The monoisotopic (exact) mass is 370 g/mol. The SMILES string of the molecule is C=C(OB(N(C)Cc1ccccc1)N(C)Cc1ccccc1)c1ccccc1. The van der Waals surface area contributed by atoms with E-state index < -0.39 is 0 Å². The van der Waals surface area contributed by atoms with Crippen LogP contribution in [0.4, 0.5) is 0 Å². The molecule has 0 radical (unpaired) electrons. The van der Waals surface area contributed by atoms with Gasteiger partial charge in [0.05, 0.1) is 0 Å². The van der Waals surface area contributed by atoms with Crippen LogP contribution in [0.15, 0.2) is 97.6 Å². The van der Waals surface area contributed by atoms with Crippen LogP contribution in [0, 0.1) is 0 Å². The average molecular weight is 370 g/mol. The second-order valence-electron chi connectivity index (χ2n) is 7.03. The van der Waals surface area contributed by atoms with Crippen LogP contribution in [0.2, 0.25) is 0 Å². The second kappa shape index (κ2) is 9.93. The zero-order valence-electron chi connectivity index (χ0n) is 16.7. The maximum Gasteiger partial charge on any atom is 0.548 e. The predicted octanol–water partition coefficient (Wildman–Crippen LogP) is 4.92. The van der Waals surface area contributed by atoms with Crippen molar-refractivity contribution in [3.63, 3.8) is 0 Å². The lowest BCUT2D eigenvalue weighted by atomic mass is 9.92. The van der Waals surface area contributed by atoms with Crippen LogP contribution in [-0.2, 0) is 17.7 Å². The molecule has 0 bridgehead atoms. The van der Waals surface area contributed by atoms with Crippen LogP contribution in [0.25, 0.3) is 5.76 Å². The maximum atomic E-state index is 6.36. The van der Waals surface area contributed by atoms with E-state index in [2.05, 4.69) is 78.8 Å². The molecule has 28 heavy (non-hydrogen) atoms. The highest BCUT2D eigenvalue weighted by Crippen LogP contribution is 2.18. The van der Waals surface area contributed by atoms with E-state index in [-0.39, 0.29) is 7.19 Å². The highest BCUT2D eigenvalue weighted by atomic mass is 16.5. The molecule has 4 heteroatoms. The van der Waals surface area contributed by atoms with E-state index in [4.69, 9.17) is 4.65 Å². The first-order valence-electron chi connectivity index (χ1n) is 9.53. The summed E-state index contributed by atoms with van der Waals surface area (Å²) >= 11 is 0. The Morgan fingerprint density at radius 3 is 1.54 bits per heavy atom. The van der Waals surface area contributed by atoms with Crippen LogP contribution >= 0.6 is 0 Å². The molecule has 3 nitrogen and oxygen atoms in total. The minimum absolute atomic E-state index is 0.242.